The van der Waals surface area contributed by atoms with Crippen molar-refractivity contribution in [3.8, 4) is 0 Å². The molecule has 1 fully saturated rings. The smallest absolute Gasteiger partial charge is 0.238 e. The van der Waals surface area contributed by atoms with E-state index < -0.39 is 5.82 Å². The number of carbonyl (C=O) groups is 1. The molecule has 1 heterocycles. The number of halogens is 3. The van der Waals surface area contributed by atoms with Crippen molar-refractivity contribution in [3.05, 3.63) is 59.1 Å². The van der Waals surface area contributed by atoms with Crippen LogP contribution in [0.3, 0.4) is 0 Å². The monoisotopic (exact) mass is 365 g/mol. The first-order chi connectivity index (χ1) is 12.0. The largest absolute Gasteiger partial charge is 0.369 e. The summed E-state index contributed by atoms with van der Waals surface area (Å²) < 4.78 is 26.0. The third-order valence-electron chi connectivity index (χ3n) is 4.14. The molecule has 0 aliphatic carbocycles. The molecule has 7 heteroatoms. The number of benzene rings is 2. The van der Waals surface area contributed by atoms with Crippen LogP contribution in [-0.4, -0.2) is 43.5 Å². The van der Waals surface area contributed by atoms with Gasteiger partial charge < -0.3 is 10.2 Å². The average Bonchev–Trinajstić information content (AvgIpc) is 2.59. The number of carbonyl (C=O) groups excluding carboxylic acids is 1. The highest BCUT2D eigenvalue weighted by atomic mass is 35.5. The maximum atomic E-state index is 13.0. The van der Waals surface area contributed by atoms with Gasteiger partial charge in [0.2, 0.25) is 5.91 Å². The zero-order valence-electron chi connectivity index (χ0n) is 13.5. The summed E-state index contributed by atoms with van der Waals surface area (Å²) in [6.07, 6.45) is 0. The Morgan fingerprint density at radius 3 is 2.28 bits per heavy atom. The van der Waals surface area contributed by atoms with Crippen LogP contribution in [0, 0.1) is 11.6 Å². The van der Waals surface area contributed by atoms with Gasteiger partial charge in [0.05, 0.1) is 17.3 Å². The SMILES string of the molecule is O=C(CN1CCN(c2ccc(F)cc2)CC1)Nc1ccc(F)cc1Cl. The lowest BCUT2D eigenvalue weighted by molar-refractivity contribution is -0.117. The zero-order valence-corrected chi connectivity index (χ0v) is 14.3. The Morgan fingerprint density at radius 1 is 1.00 bits per heavy atom. The maximum Gasteiger partial charge on any atom is 0.238 e. The van der Waals surface area contributed by atoms with Crippen molar-refractivity contribution in [2.75, 3.05) is 42.9 Å². The predicted molar refractivity (Wildman–Crippen MR) is 95.1 cm³/mol. The lowest BCUT2D eigenvalue weighted by Gasteiger charge is -2.35. The van der Waals surface area contributed by atoms with Crippen molar-refractivity contribution >= 4 is 28.9 Å². The number of nitrogens with zero attached hydrogens (tertiary/aromatic N) is 2. The first-order valence-corrected chi connectivity index (χ1v) is 8.37. The van der Waals surface area contributed by atoms with Gasteiger partial charge in [-0.15, -0.1) is 0 Å². The molecule has 25 heavy (non-hydrogen) atoms. The Labute approximate surface area is 150 Å². The second-order valence-corrected chi connectivity index (χ2v) is 6.32. The van der Waals surface area contributed by atoms with Crippen LogP contribution in [0.25, 0.3) is 0 Å². The van der Waals surface area contributed by atoms with E-state index in [9.17, 15) is 13.6 Å². The van der Waals surface area contributed by atoms with Crippen LogP contribution in [0.2, 0.25) is 5.02 Å². The summed E-state index contributed by atoms with van der Waals surface area (Å²) in [5, 5.41) is 2.87. The minimum atomic E-state index is -0.445. The fourth-order valence-corrected chi connectivity index (χ4v) is 3.01. The molecule has 1 amide bonds. The van der Waals surface area contributed by atoms with E-state index in [2.05, 4.69) is 10.2 Å². The summed E-state index contributed by atoms with van der Waals surface area (Å²) in [5.41, 5.74) is 1.38. The molecule has 1 N–H and O–H groups in total. The zero-order chi connectivity index (χ0) is 17.8. The van der Waals surface area contributed by atoms with Gasteiger partial charge in [-0.3, -0.25) is 9.69 Å². The number of anilines is 2. The van der Waals surface area contributed by atoms with Crippen LogP contribution >= 0.6 is 11.6 Å². The van der Waals surface area contributed by atoms with Gasteiger partial charge in [-0.1, -0.05) is 11.6 Å². The molecule has 1 saturated heterocycles. The highest BCUT2D eigenvalue weighted by molar-refractivity contribution is 6.33. The number of piperazine rings is 1. The Kier molecular flexibility index (Phi) is 5.50. The quantitative estimate of drug-likeness (QED) is 0.902. The van der Waals surface area contributed by atoms with Crippen molar-refractivity contribution in [2.24, 2.45) is 0 Å². The molecule has 0 bridgehead atoms. The van der Waals surface area contributed by atoms with Crippen LogP contribution in [0.4, 0.5) is 20.2 Å². The molecule has 132 valence electrons. The number of amides is 1. The lowest BCUT2D eigenvalue weighted by atomic mass is 10.2. The molecular formula is C18H18ClF2N3O. The minimum absolute atomic E-state index is 0.175. The number of hydrogen-bond acceptors (Lipinski definition) is 3. The highest BCUT2D eigenvalue weighted by Gasteiger charge is 2.19. The average molecular weight is 366 g/mol. The summed E-state index contributed by atoms with van der Waals surface area (Å²) in [6.45, 7) is 3.21. The third-order valence-corrected chi connectivity index (χ3v) is 4.45. The molecule has 0 radical (unpaired) electrons. The standard InChI is InChI=1S/C18H18ClF2N3O/c19-16-11-14(21)3-6-17(16)22-18(25)12-23-7-9-24(10-8-23)15-4-1-13(20)2-5-15/h1-6,11H,7-10,12H2,(H,22,25). The van der Waals surface area contributed by atoms with E-state index in [0.29, 0.717) is 5.69 Å². The molecule has 0 unspecified atom stereocenters. The minimum Gasteiger partial charge on any atom is -0.369 e. The first-order valence-electron chi connectivity index (χ1n) is 7.99. The normalized spacial score (nSPS) is 15.2. The van der Waals surface area contributed by atoms with Crippen LogP contribution in [0.5, 0.6) is 0 Å². The molecule has 1 aliphatic rings. The number of nitrogens with one attached hydrogen (secondary N) is 1. The number of rotatable bonds is 4. The van der Waals surface area contributed by atoms with Gasteiger partial charge in [-0.2, -0.15) is 0 Å². The van der Waals surface area contributed by atoms with E-state index in [4.69, 9.17) is 11.6 Å². The lowest BCUT2D eigenvalue weighted by Crippen LogP contribution is -2.48. The second-order valence-electron chi connectivity index (χ2n) is 5.91. The Hall–Kier alpha value is -2.18. The van der Waals surface area contributed by atoms with Crippen LogP contribution < -0.4 is 10.2 Å². The van der Waals surface area contributed by atoms with Crippen molar-refractivity contribution in [1.82, 2.24) is 4.90 Å². The van der Waals surface area contributed by atoms with Crippen LogP contribution in [-0.2, 0) is 4.79 Å². The summed E-state index contributed by atoms with van der Waals surface area (Å²) in [5.74, 6) is -0.887. The topological polar surface area (TPSA) is 35.6 Å². The van der Waals surface area contributed by atoms with E-state index in [0.717, 1.165) is 31.9 Å². The van der Waals surface area contributed by atoms with Crippen molar-refractivity contribution < 1.29 is 13.6 Å². The molecule has 2 aromatic rings. The van der Waals surface area contributed by atoms with E-state index >= 15 is 0 Å². The Balaban J connectivity index is 1.50. The molecule has 0 saturated carbocycles. The molecule has 2 aromatic carbocycles. The van der Waals surface area contributed by atoms with Crippen LogP contribution in [0.1, 0.15) is 0 Å². The molecule has 3 rings (SSSR count). The molecule has 4 nitrogen and oxygen atoms in total. The number of hydrogen-bond donors (Lipinski definition) is 1. The van der Waals surface area contributed by atoms with Crippen molar-refractivity contribution in [3.63, 3.8) is 0 Å². The summed E-state index contributed by atoms with van der Waals surface area (Å²) in [7, 11) is 0. The Bertz CT molecular complexity index is 746. The molecule has 1 aliphatic heterocycles. The maximum absolute atomic E-state index is 13.0. The van der Waals surface area contributed by atoms with E-state index in [1.807, 2.05) is 4.90 Å². The Morgan fingerprint density at radius 2 is 1.64 bits per heavy atom. The first kappa shape index (κ1) is 17.6. The molecule has 0 spiro atoms. The van der Waals surface area contributed by atoms with Gasteiger partial charge in [-0.25, -0.2) is 8.78 Å². The van der Waals surface area contributed by atoms with Gasteiger partial charge in [-0.05, 0) is 42.5 Å². The predicted octanol–water partition coefficient (Wildman–Crippen LogP) is 3.38. The van der Waals surface area contributed by atoms with Gasteiger partial charge in [0.25, 0.3) is 0 Å². The van der Waals surface area contributed by atoms with Gasteiger partial charge in [0, 0.05) is 31.9 Å². The van der Waals surface area contributed by atoms with E-state index in [1.165, 1.54) is 30.3 Å². The fourth-order valence-electron chi connectivity index (χ4n) is 2.80. The second kappa shape index (κ2) is 7.80. The summed E-state index contributed by atoms with van der Waals surface area (Å²) >= 11 is 5.91. The van der Waals surface area contributed by atoms with Crippen molar-refractivity contribution in [1.29, 1.82) is 0 Å². The third kappa shape index (κ3) is 4.67. The summed E-state index contributed by atoms with van der Waals surface area (Å²) in [6, 6.07) is 10.3. The van der Waals surface area contributed by atoms with Gasteiger partial charge >= 0.3 is 0 Å². The highest BCUT2D eigenvalue weighted by Crippen LogP contribution is 2.22. The van der Waals surface area contributed by atoms with Crippen LogP contribution in [0.15, 0.2) is 42.5 Å². The molecule has 0 aromatic heterocycles. The molecule has 0 atom stereocenters. The van der Waals surface area contributed by atoms with Gasteiger partial charge in [0.1, 0.15) is 11.6 Å². The van der Waals surface area contributed by atoms with Gasteiger partial charge in [0.15, 0.2) is 0 Å². The van der Waals surface area contributed by atoms with E-state index in [1.54, 1.807) is 12.1 Å². The molecular weight excluding hydrogens is 348 g/mol. The van der Waals surface area contributed by atoms with Crippen molar-refractivity contribution in [2.45, 2.75) is 0 Å². The fraction of sp³-hybridized carbons (Fsp3) is 0.278. The summed E-state index contributed by atoms with van der Waals surface area (Å²) in [4.78, 5) is 16.3. The van der Waals surface area contributed by atoms with E-state index in [-0.39, 0.29) is 23.3 Å².